The van der Waals surface area contributed by atoms with E-state index in [1.165, 1.54) is 37.2 Å². The van der Waals surface area contributed by atoms with E-state index in [9.17, 15) is 14.4 Å². The number of aryl methyl sites for hydroxylation is 1. The van der Waals surface area contributed by atoms with E-state index in [0.29, 0.717) is 0 Å². The predicted molar refractivity (Wildman–Crippen MR) is 74.3 cm³/mol. The van der Waals surface area contributed by atoms with E-state index in [2.05, 4.69) is 15.5 Å². The minimum atomic E-state index is -1.07. The van der Waals surface area contributed by atoms with Crippen LogP contribution in [0.25, 0.3) is 0 Å². The van der Waals surface area contributed by atoms with Gasteiger partial charge in [0, 0.05) is 13.2 Å². The molecule has 2 heterocycles. The lowest BCUT2D eigenvalue weighted by atomic mass is 10.3. The molecule has 0 aromatic carbocycles. The van der Waals surface area contributed by atoms with E-state index in [-0.39, 0.29) is 16.9 Å². The lowest BCUT2D eigenvalue weighted by molar-refractivity contribution is -0.140. The maximum atomic E-state index is 12.1. The van der Waals surface area contributed by atoms with Gasteiger partial charge in [-0.3, -0.25) is 19.0 Å². The lowest BCUT2D eigenvalue weighted by Gasteiger charge is -2.05. The second-order valence-electron chi connectivity index (χ2n) is 4.57. The molecule has 0 bridgehead atoms. The highest BCUT2D eigenvalue weighted by Crippen LogP contribution is 2.15. The molecule has 22 heavy (non-hydrogen) atoms. The van der Waals surface area contributed by atoms with Gasteiger partial charge in [0.25, 0.3) is 11.8 Å². The van der Waals surface area contributed by atoms with Gasteiger partial charge in [-0.25, -0.2) is 4.79 Å². The fourth-order valence-corrected chi connectivity index (χ4v) is 1.80. The number of amides is 2. The summed E-state index contributed by atoms with van der Waals surface area (Å²) < 4.78 is 2.39. The third kappa shape index (κ3) is 2.80. The summed E-state index contributed by atoms with van der Waals surface area (Å²) in [6.45, 7) is 1.43. The van der Waals surface area contributed by atoms with E-state index in [1.807, 2.05) is 0 Å². The Hall–Kier alpha value is -3.17. The second-order valence-corrected chi connectivity index (χ2v) is 4.57. The summed E-state index contributed by atoms with van der Waals surface area (Å²) in [5, 5.41) is 19.1. The third-order valence-corrected chi connectivity index (χ3v) is 3.04. The summed E-state index contributed by atoms with van der Waals surface area (Å²) in [4.78, 5) is 34.3. The number of hydrogen-bond acceptors (Lipinski definition) is 5. The van der Waals surface area contributed by atoms with Crippen molar-refractivity contribution in [3.05, 3.63) is 29.8 Å². The van der Waals surface area contributed by atoms with Crippen LogP contribution in [0.3, 0.4) is 0 Å². The normalized spacial score (nSPS) is 11.9. The molecule has 2 amide bonds. The number of hydrogen-bond donors (Lipinski definition) is 3. The number of nitrogens with zero attached hydrogens (tertiary/aromatic N) is 4. The maximum absolute atomic E-state index is 12.1. The van der Waals surface area contributed by atoms with Crippen molar-refractivity contribution in [3.63, 3.8) is 0 Å². The van der Waals surface area contributed by atoms with Gasteiger partial charge in [-0.05, 0) is 6.92 Å². The molecule has 0 aliphatic rings. The van der Waals surface area contributed by atoms with Crippen LogP contribution in [0.2, 0.25) is 0 Å². The molecule has 116 valence electrons. The average Bonchev–Trinajstić information content (AvgIpc) is 3.04. The van der Waals surface area contributed by atoms with E-state index < -0.39 is 23.8 Å². The number of aliphatic carboxylic acids is 1. The number of carboxylic acids is 1. The lowest BCUT2D eigenvalue weighted by Crippen LogP contribution is -2.20. The van der Waals surface area contributed by atoms with E-state index in [4.69, 9.17) is 10.8 Å². The van der Waals surface area contributed by atoms with Gasteiger partial charge < -0.3 is 16.2 Å². The topological polar surface area (TPSA) is 145 Å². The van der Waals surface area contributed by atoms with Crippen molar-refractivity contribution < 1.29 is 19.5 Å². The highest BCUT2D eigenvalue weighted by Gasteiger charge is 2.19. The molecule has 10 heteroatoms. The Morgan fingerprint density at radius 3 is 2.59 bits per heavy atom. The summed E-state index contributed by atoms with van der Waals surface area (Å²) in [6.07, 6.45) is 3.83. The molecule has 1 atom stereocenters. The van der Waals surface area contributed by atoms with Crippen molar-refractivity contribution in [2.75, 3.05) is 5.32 Å². The molecule has 2 aromatic rings. The van der Waals surface area contributed by atoms with Gasteiger partial charge in [0.15, 0.2) is 0 Å². The second kappa shape index (κ2) is 5.68. The summed E-state index contributed by atoms with van der Waals surface area (Å²) in [5.41, 5.74) is 5.59. The molecule has 0 spiro atoms. The van der Waals surface area contributed by atoms with Crippen molar-refractivity contribution in [2.24, 2.45) is 12.8 Å². The predicted octanol–water partition coefficient (Wildman–Crippen LogP) is -0.387. The number of primary amides is 1. The van der Waals surface area contributed by atoms with Crippen LogP contribution in [-0.2, 0) is 11.8 Å². The fraction of sp³-hybridized carbons (Fsp3) is 0.250. The Morgan fingerprint density at radius 2 is 2.00 bits per heavy atom. The molecule has 2 aromatic heterocycles. The number of aromatic nitrogens is 4. The largest absolute Gasteiger partial charge is 0.480 e. The van der Waals surface area contributed by atoms with Gasteiger partial charge in [-0.15, -0.1) is 0 Å². The van der Waals surface area contributed by atoms with Crippen LogP contribution < -0.4 is 11.1 Å². The van der Waals surface area contributed by atoms with Gasteiger partial charge in [0.05, 0.1) is 23.6 Å². The van der Waals surface area contributed by atoms with Crippen LogP contribution in [0.15, 0.2) is 18.6 Å². The molecule has 0 saturated carbocycles. The van der Waals surface area contributed by atoms with Crippen LogP contribution in [0.1, 0.15) is 33.8 Å². The SMILES string of the molecule is CC(C(=O)O)n1cc(C(=O)Nc2cnn(C)c2C(N)=O)cn1. The summed E-state index contributed by atoms with van der Waals surface area (Å²) in [6, 6.07) is -0.902. The molecule has 1 unspecified atom stereocenters. The molecule has 10 nitrogen and oxygen atoms in total. The van der Waals surface area contributed by atoms with Gasteiger partial charge in [-0.2, -0.15) is 10.2 Å². The zero-order valence-electron chi connectivity index (χ0n) is 11.8. The monoisotopic (exact) mass is 306 g/mol. The Bertz CT molecular complexity index is 747. The number of rotatable bonds is 5. The van der Waals surface area contributed by atoms with E-state index in [1.54, 1.807) is 0 Å². The molecule has 0 aliphatic carbocycles. The minimum Gasteiger partial charge on any atom is -0.480 e. The van der Waals surface area contributed by atoms with Crippen molar-refractivity contribution in [1.29, 1.82) is 0 Å². The number of carbonyl (C=O) groups excluding carboxylic acids is 2. The Labute approximate surface area is 124 Å². The number of nitrogens with two attached hydrogens (primary N) is 1. The van der Waals surface area contributed by atoms with Crippen LogP contribution >= 0.6 is 0 Å². The Balaban J connectivity index is 2.20. The van der Waals surface area contributed by atoms with Crippen LogP contribution in [0, 0.1) is 0 Å². The first-order valence-electron chi connectivity index (χ1n) is 6.21. The maximum Gasteiger partial charge on any atom is 0.328 e. The first-order chi connectivity index (χ1) is 10.3. The van der Waals surface area contributed by atoms with Gasteiger partial charge in [0.2, 0.25) is 0 Å². The molecule has 0 saturated heterocycles. The molecule has 2 rings (SSSR count). The minimum absolute atomic E-state index is 0.0552. The van der Waals surface area contributed by atoms with Gasteiger partial charge in [-0.1, -0.05) is 0 Å². The molecular formula is C12H14N6O4. The Kier molecular flexibility index (Phi) is 3.93. The molecule has 0 fully saturated rings. The van der Waals surface area contributed by atoms with Crippen molar-refractivity contribution >= 4 is 23.5 Å². The first kappa shape index (κ1) is 15.2. The standard InChI is InChI=1S/C12H14N6O4/c1-6(12(21)22)18-5-7(3-15-18)11(20)16-8-4-14-17(2)9(8)10(13)19/h3-6H,1-2H3,(H2,13,19)(H,16,20)(H,21,22). The number of nitrogens with one attached hydrogen (secondary N) is 1. The quantitative estimate of drug-likeness (QED) is 0.686. The number of carboxylic acid groups (broad SMARTS) is 1. The first-order valence-corrected chi connectivity index (χ1v) is 6.21. The zero-order chi connectivity index (χ0) is 16.4. The highest BCUT2D eigenvalue weighted by atomic mass is 16.4. The highest BCUT2D eigenvalue weighted by molar-refractivity contribution is 6.07. The zero-order valence-corrected chi connectivity index (χ0v) is 11.8. The smallest absolute Gasteiger partial charge is 0.328 e. The van der Waals surface area contributed by atoms with Gasteiger partial charge in [0.1, 0.15) is 11.7 Å². The molecule has 0 radical (unpaired) electrons. The van der Waals surface area contributed by atoms with Crippen LogP contribution in [0.4, 0.5) is 5.69 Å². The van der Waals surface area contributed by atoms with Crippen molar-refractivity contribution in [2.45, 2.75) is 13.0 Å². The summed E-state index contributed by atoms with van der Waals surface area (Å²) in [5.74, 6) is -2.36. The van der Waals surface area contributed by atoms with E-state index in [0.717, 1.165) is 4.68 Å². The molecular weight excluding hydrogens is 292 g/mol. The number of anilines is 1. The molecule has 0 aliphatic heterocycles. The summed E-state index contributed by atoms with van der Waals surface area (Å²) >= 11 is 0. The van der Waals surface area contributed by atoms with E-state index >= 15 is 0 Å². The average molecular weight is 306 g/mol. The Morgan fingerprint density at radius 1 is 1.32 bits per heavy atom. The summed E-state index contributed by atoms with van der Waals surface area (Å²) in [7, 11) is 1.52. The van der Waals surface area contributed by atoms with Crippen molar-refractivity contribution in [3.8, 4) is 0 Å². The molecule has 4 N–H and O–H groups in total. The fourth-order valence-electron chi connectivity index (χ4n) is 1.80. The van der Waals surface area contributed by atoms with Gasteiger partial charge >= 0.3 is 5.97 Å². The van der Waals surface area contributed by atoms with Crippen molar-refractivity contribution in [1.82, 2.24) is 19.6 Å². The van der Waals surface area contributed by atoms with Crippen LogP contribution in [-0.4, -0.2) is 42.5 Å². The number of carbonyl (C=O) groups is 3. The third-order valence-electron chi connectivity index (χ3n) is 3.04. The van der Waals surface area contributed by atoms with Crippen LogP contribution in [0.5, 0.6) is 0 Å².